The summed E-state index contributed by atoms with van der Waals surface area (Å²) in [7, 11) is 0. The smallest absolute Gasteiger partial charge is 0.327 e. The van der Waals surface area contributed by atoms with E-state index in [2.05, 4.69) is 32.9 Å². The van der Waals surface area contributed by atoms with Crippen molar-refractivity contribution in [3.8, 4) is 5.75 Å². The monoisotopic (exact) mass is 488 g/mol. The van der Waals surface area contributed by atoms with E-state index in [0.717, 1.165) is 27.1 Å². The molecule has 3 aromatic carbocycles. The fourth-order valence-electron chi connectivity index (χ4n) is 4.58. The second-order valence-corrected chi connectivity index (χ2v) is 11.5. The molecular formula is C30H32O4S. The molecule has 0 saturated carbocycles. The van der Waals surface area contributed by atoms with E-state index in [9.17, 15) is 14.7 Å². The molecule has 0 amide bonds. The van der Waals surface area contributed by atoms with Gasteiger partial charge in [0.25, 0.3) is 0 Å². The van der Waals surface area contributed by atoms with Crippen molar-refractivity contribution >= 4 is 23.5 Å². The van der Waals surface area contributed by atoms with E-state index in [1.165, 1.54) is 11.8 Å². The lowest BCUT2D eigenvalue weighted by molar-refractivity contribution is -0.171. The molecule has 0 radical (unpaired) electrons. The minimum Gasteiger partial charge on any atom is -0.508 e. The van der Waals surface area contributed by atoms with Crippen molar-refractivity contribution in [3.05, 3.63) is 95.1 Å². The summed E-state index contributed by atoms with van der Waals surface area (Å²) >= 11 is 1.30. The maximum absolute atomic E-state index is 13.6. The second-order valence-electron chi connectivity index (χ2n) is 10.3. The van der Waals surface area contributed by atoms with Crippen LogP contribution in [0.15, 0.2) is 77.7 Å². The molecule has 0 aliphatic carbocycles. The van der Waals surface area contributed by atoms with Gasteiger partial charge in [-0.05, 0) is 65.6 Å². The van der Waals surface area contributed by atoms with Gasteiger partial charge in [0.2, 0.25) is 0 Å². The number of aromatic hydroxyl groups is 1. The van der Waals surface area contributed by atoms with Gasteiger partial charge in [-0.1, -0.05) is 75.4 Å². The lowest BCUT2D eigenvalue weighted by Crippen LogP contribution is -2.47. The summed E-state index contributed by atoms with van der Waals surface area (Å²) in [6.07, 6.45) is 1.24. The van der Waals surface area contributed by atoms with Crippen molar-refractivity contribution in [1.82, 2.24) is 0 Å². The molecule has 0 spiro atoms. The quantitative estimate of drug-likeness (QED) is 0.317. The number of aryl methyl sites for hydroxylation is 2. The zero-order valence-corrected chi connectivity index (χ0v) is 21.5. The zero-order valence-electron chi connectivity index (χ0n) is 20.7. The third-order valence-electron chi connectivity index (χ3n) is 6.51. The van der Waals surface area contributed by atoms with Gasteiger partial charge in [-0.3, -0.25) is 9.59 Å². The van der Waals surface area contributed by atoms with Gasteiger partial charge in [0.15, 0.2) is 11.0 Å². The van der Waals surface area contributed by atoms with Gasteiger partial charge in [-0.2, -0.15) is 0 Å². The van der Waals surface area contributed by atoms with Crippen molar-refractivity contribution in [2.45, 2.75) is 68.1 Å². The van der Waals surface area contributed by atoms with Crippen molar-refractivity contribution in [3.63, 3.8) is 0 Å². The number of hydrogen-bond acceptors (Lipinski definition) is 5. The number of rotatable bonds is 6. The second kappa shape index (κ2) is 9.90. The third kappa shape index (κ3) is 5.62. The molecule has 0 aromatic heterocycles. The number of phenols is 1. The number of hydrogen-bond donors (Lipinski definition) is 1. The molecule has 4 rings (SSSR count). The molecule has 3 aromatic rings. The predicted molar refractivity (Wildman–Crippen MR) is 140 cm³/mol. The maximum atomic E-state index is 13.6. The highest BCUT2D eigenvalue weighted by atomic mass is 32.2. The average Bonchev–Trinajstić information content (AvgIpc) is 2.80. The highest BCUT2D eigenvalue weighted by Crippen LogP contribution is 2.44. The van der Waals surface area contributed by atoms with Gasteiger partial charge < -0.3 is 9.84 Å². The van der Waals surface area contributed by atoms with Crippen LogP contribution in [0.25, 0.3) is 0 Å². The first kappa shape index (κ1) is 25.1. The number of Topliss-reactive ketones (excluding diaryl/α,β-unsaturated/α-hetero) is 1. The number of phenolic OH excluding ortho intramolecular Hbond substituents is 1. The Morgan fingerprint density at radius 3 is 2.31 bits per heavy atom. The lowest BCUT2D eigenvalue weighted by Gasteiger charge is -2.39. The number of esters is 1. The first-order valence-electron chi connectivity index (χ1n) is 11.9. The number of cyclic esters (lactones) is 1. The summed E-state index contributed by atoms with van der Waals surface area (Å²) in [5.74, 6) is -0.509. The van der Waals surface area contributed by atoms with Crippen LogP contribution in [0.5, 0.6) is 5.75 Å². The van der Waals surface area contributed by atoms with Gasteiger partial charge in [-0.25, -0.2) is 0 Å². The summed E-state index contributed by atoms with van der Waals surface area (Å²) in [6, 6.07) is 22.8. The van der Waals surface area contributed by atoms with Crippen molar-refractivity contribution in [2.75, 3.05) is 0 Å². The topological polar surface area (TPSA) is 63.6 Å². The van der Waals surface area contributed by atoms with Gasteiger partial charge in [0, 0.05) is 4.90 Å². The molecule has 1 aliphatic rings. The molecule has 1 heterocycles. The fraction of sp³-hybridized carbons (Fsp3) is 0.333. The number of ether oxygens (including phenoxy) is 1. The largest absolute Gasteiger partial charge is 0.508 e. The Labute approximate surface area is 211 Å². The molecule has 35 heavy (non-hydrogen) atoms. The van der Waals surface area contributed by atoms with Gasteiger partial charge >= 0.3 is 5.97 Å². The average molecular weight is 489 g/mol. The molecule has 1 saturated heterocycles. The molecule has 2 unspecified atom stereocenters. The minimum atomic E-state index is -1.06. The van der Waals surface area contributed by atoms with Crippen LogP contribution in [-0.2, 0) is 31.8 Å². The van der Waals surface area contributed by atoms with Crippen LogP contribution >= 0.6 is 11.8 Å². The van der Waals surface area contributed by atoms with Crippen molar-refractivity contribution in [2.24, 2.45) is 0 Å². The first-order chi connectivity index (χ1) is 16.6. The van der Waals surface area contributed by atoms with Crippen LogP contribution < -0.4 is 0 Å². The van der Waals surface area contributed by atoms with Crippen LogP contribution in [-0.4, -0.2) is 22.1 Å². The Bertz CT molecular complexity index is 1190. The third-order valence-corrected chi connectivity index (χ3v) is 7.79. The first-order valence-corrected chi connectivity index (χ1v) is 12.8. The summed E-state index contributed by atoms with van der Waals surface area (Å²) in [5.41, 5.74) is 2.84. The van der Waals surface area contributed by atoms with E-state index >= 15 is 0 Å². The summed E-state index contributed by atoms with van der Waals surface area (Å²) in [6.45, 7) is 8.39. The van der Waals surface area contributed by atoms with Crippen LogP contribution in [0.3, 0.4) is 0 Å². The van der Waals surface area contributed by atoms with Crippen LogP contribution in [0.4, 0.5) is 0 Å². The standard InChI is InChI=1S/C30H32O4S/c1-20-10-15-24(29(2,3)4)26(18-20)35-27-25(32)19-30(34-28(27)33,22-11-13-23(31)14-12-22)17-16-21-8-6-5-7-9-21/h5-15,18,27,31H,16-17,19H2,1-4H3. The molecule has 182 valence electrons. The van der Waals surface area contributed by atoms with Crippen LogP contribution in [0.2, 0.25) is 0 Å². The molecule has 4 nitrogen and oxygen atoms in total. The molecule has 0 bridgehead atoms. The molecular weight excluding hydrogens is 456 g/mol. The predicted octanol–water partition coefficient (Wildman–Crippen LogP) is 6.50. The Kier molecular flexibility index (Phi) is 7.09. The molecule has 1 N–H and O–H groups in total. The number of thioether (sulfide) groups is 1. The Morgan fingerprint density at radius 1 is 1.00 bits per heavy atom. The van der Waals surface area contributed by atoms with E-state index in [1.54, 1.807) is 24.3 Å². The minimum absolute atomic E-state index is 0.102. The van der Waals surface area contributed by atoms with E-state index in [4.69, 9.17) is 4.74 Å². The zero-order chi connectivity index (χ0) is 25.2. The Morgan fingerprint density at radius 2 is 1.69 bits per heavy atom. The van der Waals surface area contributed by atoms with E-state index in [-0.39, 0.29) is 23.4 Å². The summed E-state index contributed by atoms with van der Waals surface area (Å²) < 4.78 is 6.17. The SMILES string of the molecule is Cc1ccc(C(C)(C)C)c(SC2C(=O)CC(CCc3ccccc3)(c3ccc(O)cc3)OC2=O)c1. The lowest BCUT2D eigenvalue weighted by atomic mass is 9.81. The highest BCUT2D eigenvalue weighted by molar-refractivity contribution is 8.01. The normalized spacial score (nSPS) is 20.5. The number of ketones is 1. The number of carbonyl (C=O) groups is 2. The molecule has 1 fully saturated rings. The van der Waals surface area contributed by atoms with E-state index in [0.29, 0.717) is 12.8 Å². The van der Waals surface area contributed by atoms with Gasteiger partial charge in [0.05, 0.1) is 6.42 Å². The fourth-order valence-corrected chi connectivity index (χ4v) is 5.94. The molecule has 1 aliphatic heterocycles. The van der Waals surface area contributed by atoms with E-state index in [1.807, 2.05) is 43.3 Å². The van der Waals surface area contributed by atoms with Crippen LogP contribution in [0.1, 0.15) is 55.9 Å². The highest BCUT2D eigenvalue weighted by Gasteiger charge is 2.48. The summed E-state index contributed by atoms with van der Waals surface area (Å²) in [5, 5.41) is 8.89. The Balaban J connectivity index is 1.64. The van der Waals surface area contributed by atoms with Gasteiger partial charge in [-0.15, -0.1) is 11.8 Å². The number of benzene rings is 3. The number of carbonyl (C=O) groups excluding carboxylic acids is 2. The Hall–Kier alpha value is -3.05. The summed E-state index contributed by atoms with van der Waals surface area (Å²) in [4.78, 5) is 27.9. The van der Waals surface area contributed by atoms with Crippen LogP contribution in [0, 0.1) is 6.92 Å². The maximum Gasteiger partial charge on any atom is 0.327 e. The van der Waals surface area contributed by atoms with Crippen molar-refractivity contribution in [1.29, 1.82) is 0 Å². The molecule has 2 atom stereocenters. The van der Waals surface area contributed by atoms with E-state index < -0.39 is 16.8 Å². The van der Waals surface area contributed by atoms with Crippen molar-refractivity contribution < 1.29 is 19.4 Å². The van der Waals surface area contributed by atoms with Gasteiger partial charge in [0.1, 0.15) is 11.4 Å². The molecule has 5 heteroatoms.